The molecule has 8 heteroatoms. The zero-order chi connectivity index (χ0) is 21.6. The van der Waals surface area contributed by atoms with Gasteiger partial charge in [0.25, 0.3) is 0 Å². The number of aryl methyl sites for hydroxylation is 1. The largest absolute Gasteiger partial charge is 0.497 e. The Hall–Kier alpha value is -3.26. The summed E-state index contributed by atoms with van der Waals surface area (Å²) in [6, 6.07) is 12.1. The number of methoxy groups -OCH3 is 1. The molecular weight excluding hydrogens is 394 g/mol. The van der Waals surface area contributed by atoms with Crippen LogP contribution in [0.5, 0.6) is 5.75 Å². The van der Waals surface area contributed by atoms with Gasteiger partial charge in [-0.15, -0.1) is 0 Å². The molecule has 1 aliphatic heterocycles. The van der Waals surface area contributed by atoms with Crippen LogP contribution in [0.1, 0.15) is 30.8 Å². The van der Waals surface area contributed by atoms with E-state index in [9.17, 15) is 4.79 Å². The fourth-order valence-corrected chi connectivity index (χ4v) is 3.81. The number of ether oxygens (including phenoxy) is 1. The van der Waals surface area contributed by atoms with E-state index in [1.54, 1.807) is 19.5 Å². The second-order valence-corrected chi connectivity index (χ2v) is 7.62. The van der Waals surface area contributed by atoms with E-state index in [0.29, 0.717) is 24.6 Å². The van der Waals surface area contributed by atoms with Crippen LogP contribution in [0.2, 0.25) is 0 Å². The summed E-state index contributed by atoms with van der Waals surface area (Å²) in [6.45, 7) is 5.32. The summed E-state index contributed by atoms with van der Waals surface area (Å²) < 4.78 is 10.6. The normalized spacial score (nSPS) is 15.6. The quantitative estimate of drug-likeness (QED) is 0.580. The third-order valence-electron chi connectivity index (χ3n) is 5.73. The first-order chi connectivity index (χ1) is 15.1. The fourth-order valence-electron chi connectivity index (χ4n) is 3.81. The number of benzene rings is 1. The minimum Gasteiger partial charge on any atom is -0.497 e. The highest BCUT2D eigenvalue weighted by molar-refractivity contribution is 5.76. The van der Waals surface area contributed by atoms with E-state index in [4.69, 9.17) is 9.26 Å². The van der Waals surface area contributed by atoms with Gasteiger partial charge in [-0.25, -0.2) is 0 Å². The molecule has 1 atom stereocenters. The molecule has 162 valence electrons. The maximum Gasteiger partial charge on any atom is 0.227 e. The second-order valence-electron chi connectivity index (χ2n) is 7.62. The van der Waals surface area contributed by atoms with Gasteiger partial charge >= 0.3 is 0 Å². The van der Waals surface area contributed by atoms with Crippen LogP contribution in [0.25, 0.3) is 11.4 Å². The van der Waals surface area contributed by atoms with Gasteiger partial charge in [0.05, 0.1) is 7.11 Å². The average molecular weight is 422 g/mol. The maximum atomic E-state index is 12.7. The number of hydrogen-bond acceptors (Lipinski definition) is 7. The molecule has 0 aliphatic carbocycles. The number of hydrogen-bond donors (Lipinski definition) is 0. The van der Waals surface area contributed by atoms with Gasteiger partial charge in [-0.1, -0.05) is 17.3 Å². The summed E-state index contributed by atoms with van der Waals surface area (Å²) in [5, 5.41) is 3.98. The van der Waals surface area contributed by atoms with Gasteiger partial charge in [-0.3, -0.25) is 14.7 Å². The molecule has 4 rings (SSSR count). The molecule has 1 amide bonds. The van der Waals surface area contributed by atoms with Crippen molar-refractivity contribution in [2.45, 2.75) is 25.8 Å². The molecule has 1 aliphatic rings. The van der Waals surface area contributed by atoms with Gasteiger partial charge in [0.15, 0.2) is 0 Å². The Bertz CT molecular complexity index is 999. The molecule has 1 saturated heterocycles. The monoisotopic (exact) mass is 421 g/mol. The van der Waals surface area contributed by atoms with Crippen molar-refractivity contribution < 1.29 is 14.1 Å². The number of piperazine rings is 1. The molecular formula is C23H27N5O3. The molecule has 1 aromatic carbocycles. The van der Waals surface area contributed by atoms with Gasteiger partial charge in [-0.05, 0) is 36.8 Å². The second kappa shape index (κ2) is 9.70. The van der Waals surface area contributed by atoms with E-state index in [-0.39, 0.29) is 11.9 Å². The first-order valence-corrected chi connectivity index (χ1v) is 10.5. The third kappa shape index (κ3) is 5.08. The lowest BCUT2D eigenvalue weighted by atomic mass is 10.1. The molecule has 0 saturated carbocycles. The van der Waals surface area contributed by atoms with Crippen molar-refractivity contribution in [1.29, 1.82) is 0 Å². The van der Waals surface area contributed by atoms with Crippen molar-refractivity contribution in [2.75, 3.05) is 33.3 Å². The van der Waals surface area contributed by atoms with E-state index < -0.39 is 0 Å². The summed E-state index contributed by atoms with van der Waals surface area (Å²) in [5.41, 5.74) is 2.02. The number of amides is 1. The third-order valence-corrected chi connectivity index (χ3v) is 5.73. The van der Waals surface area contributed by atoms with Crippen LogP contribution >= 0.6 is 0 Å². The van der Waals surface area contributed by atoms with E-state index in [2.05, 4.69) is 39.1 Å². The number of pyridine rings is 1. The van der Waals surface area contributed by atoms with Gasteiger partial charge in [-0.2, -0.15) is 4.98 Å². The Morgan fingerprint density at radius 3 is 2.77 bits per heavy atom. The highest BCUT2D eigenvalue weighted by Crippen LogP contribution is 2.25. The van der Waals surface area contributed by atoms with Crippen molar-refractivity contribution in [3.63, 3.8) is 0 Å². The van der Waals surface area contributed by atoms with Crippen molar-refractivity contribution >= 4 is 5.91 Å². The van der Waals surface area contributed by atoms with Crippen LogP contribution in [-0.2, 0) is 11.2 Å². The summed E-state index contributed by atoms with van der Waals surface area (Å²) in [6.07, 6.45) is 4.18. The Morgan fingerprint density at radius 2 is 2.03 bits per heavy atom. The van der Waals surface area contributed by atoms with Gasteiger partial charge < -0.3 is 14.2 Å². The lowest BCUT2D eigenvalue weighted by molar-refractivity contribution is -0.133. The van der Waals surface area contributed by atoms with E-state index in [0.717, 1.165) is 37.5 Å². The molecule has 1 fully saturated rings. The van der Waals surface area contributed by atoms with Crippen LogP contribution in [0.3, 0.4) is 0 Å². The van der Waals surface area contributed by atoms with Crippen molar-refractivity contribution in [3.05, 3.63) is 60.2 Å². The number of nitrogens with zero attached hydrogens (tertiary/aromatic N) is 5. The number of rotatable bonds is 7. The number of carbonyl (C=O) groups excluding carboxylic acids is 1. The smallest absolute Gasteiger partial charge is 0.227 e. The Kier molecular flexibility index (Phi) is 6.57. The van der Waals surface area contributed by atoms with Crippen molar-refractivity contribution in [3.8, 4) is 17.1 Å². The molecule has 8 nitrogen and oxygen atoms in total. The number of aromatic nitrogens is 3. The molecule has 0 spiro atoms. The lowest BCUT2D eigenvalue weighted by Crippen LogP contribution is -2.49. The van der Waals surface area contributed by atoms with Crippen LogP contribution in [0.15, 0.2) is 53.3 Å². The summed E-state index contributed by atoms with van der Waals surface area (Å²) in [5.74, 6) is 1.95. The first kappa shape index (κ1) is 21.0. The van der Waals surface area contributed by atoms with Gasteiger partial charge in [0.1, 0.15) is 5.75 Å². The summed E-state index contributed by atoms with van der Waals surface area (Å²) in [4.78, 5) is 25.4. The van der Waals surface area contributed by atoms with E-state index in [1.807, 2.05) is 29.2 Å². The van der Waals surface area contributed by atoms with Gasteiger partial charge in [0.2, 0.25) is 17.6 Å². The Morgan fingerprint density at radius 1 is 1.19 bits per heavy atom. The summed E-state index contributed by atoms with van der Waals surface area (Å²) >= 11 is 0. The highest BCUT2D eigenvalue weighted by Gasteiger charge is 2.25. The maximum absolute atomic E-state index is 12.7. The van der Waals surface area contributed by atoms with Crippen molar-refractivity contribution in [2.24, 2.45) is 0 Å². The molecule has 2 aromatic heterocycles. The van der Waals surface area contributed by atoms with Gasteiger partial charge in [0, 0.05) is 63.0 Å². The molecule has 0 radical (unpaired) electrons. The first-order valence-electron chi connectivity index (χ1n) is 10.5. The molecule has 3 aromatic rings. The average Bonchev–Trinajstić information content (AvgIpc) is 3.32. The summed E-state index contributed by atoms with van der Waals surface area (Å²) in [7, 11) is 1.68. The van der Waals surface area contributed by atoms with Crippen LogP contribution < -0.4 is 4.74 Å². The highest BCUT2D eigenvalue weighted by atomic mass is 16.5. The zero-order valence-corrected chi connectivity index (χ0v) is 17.9. The molecule has 0 N–H and O–H groups in total. The minimum absolute atomic E-state index is 0.120. The van der Waals surface area contributed by atoms with Crippen LogP contribution in [-0.4, -0.2) is 64.1 Å². The van der Waals surface area contributed by atoms with Crippen LogP contribution in [0.4, 0.5) is 0 Å². The topological polar surface area (TPSA) is 84.6 Å². The molecule has 0 bridgehead atoms. The molecule has 1 unspecified atom stereocenters. The predicted molar refractivity (Wildman–Crippen MR) is 115 cm³/mol. The Balaban J connectivity index is 1.26. The van der Waals surface area contributed by atoms with Crippen molar-refractivity contribution in [1.82, 2.24) is 24.9 Å². The van der Waals surface area contributed by atoms with Crippen LogP contribution in [0, 0.1) is 0 Å². The fraction of sp³-hybridized carbons (Fsp3) is 0.391. The standard InChI is InChI=1S/C23H27N5O3/c1-17(18-5-3-7-20(15-18)30-2)27-11-13-28(14-12-27)22(29)9-8-21-25-23(26-31-21)19-6-4-10-24-16-19/h3-7,10,15-17H,8-9,11-14H2,1-2H3. The number of carbonyl (C=O) groups is 1. The lowest BCUT2D eigenvalue weighted by Gasteiger charge is -2.38. The minimum atomic E-state index is 0.120. The van der Waals surface area contributed by atoms with E-state index in [1.165, 1.54) is 5.56 Å². The Labute approximate surface area is 181 Å². The zero-order valence-electron chi connectivity index (χ0n) is 17.9. The molecule has 31 heavy (non-hydrogen) atoms. The predicted octanol–water partition coefficient (Wildman–Crippen LogP) is 2.98. The van der Waals surface area contributed by atoms with E-state index >= 15 is 0 Å². The SMILES string of the molecule is COc1cccc(C(C)N2CCN(C(=O)CCc3nc(-c4cccnc4)no3)CC2)c1. The molecule has 3 heterocycles.